The molecular weight excluding hydrogens is 266 g/mol. The molecule has 21 heavy (non-hydrogen) atoms. The summed E-state index contributed by atoms with van der Waals surface area (Å²) in [6.07, 6.45) is 2.62. The maximum Gasteiger partial charge on any atom is 0.328 e. The van der Waals surface area contributed by atoms with Crippen LogP contribution in [0.15, 0.2) is 66.7 Å². The number of anilines is 1. The van der Waals surface area contributed by atoms with Gasteiger partial charge in [-0.3, -0.25) is 4.79 Å². The second kappa shape index (κ2) is 7.05. The lowest BCUT2D eigenvalue weighted by atomic mass is 10.0. The van der Waals surface area contributed by atoms with Crippen LogP contribution in [0.2, 0.25) is 0 Å². The molecule has 0 aliphatic rings. The number of carbonyl (C=O) groups excluding carboxylic acids is 1. The molecule has 4 nitrogen and oxygen atoms in total. The summed E-state index contributed by atoms with van der Waals surface area (Å²) < 4.78 is 0. The van der Waals surface area contributed by atoms with Crippen LogP contribution in [0.5, 0.6) is 0 Å². The van der Waals surface area contributed by atoms with Crippen LogP contribution in [0.4, 0.5) is 5.69 Å². The van der Waals surface area contributed by atoms with Crippen molar-refractivity contribution in [3.8, 4) is 0 Å². The SMILES string of the molecule is O=C(O)C=CC(=O)Nc1ccc(Cc2ccccc2)cc1. The lowest BCUT2D eigenvalue weighted by Gasteiger charge is -2.05. The lowest BCUT2D eigenvalue weighted by Crippen LogP contribution is -2.08. The van der Waals surface area contributed by atoms with Gasteiger partial charge in [-0.05, 0) is 29.7 Å². The Balaban J connectivity index is 1.96. The summed E-state index contributed by atoms with van der Waals surface area (Å²) in [5, 5.41) is 11.0. The normalized spacial score (nSPS) is 10.5. The number of rotatable bonds is 5. The quantitative estimate of drug-likeness (QED) is 0.828. The maximum atomic E-state index is 11.4. The predicted octanol–water partition coefficient (Wildman–Crippen LogP) is 2.86. The summed E-state index contributed by atoms with van der Waals surface area (Å²) in [5.74, 6) is -1.61. The number of carboxylic acid groups (broad SMARTS) is 1. The van der Waals surface area contributed by atoms with E-state index in [9.17, 15) is 9.59 Å². The number of amides is 1. The molecule has 2 aromatic carbocycles. The highest BCUT2D eigenvalue weighted by molar-refractivity contribution is 6.02. The van der Waals surface area contributed by atoms with Crippen molar-refractivity contribution < 1.29 is 14.7 Å². The molecule has 2 N–H and O–H groups in total. The van der Waals surface area contributed by atoms with E-state index >= 15 is 0 Å². The van der Waals surface area contributed by atoms with E-state index < -0.39 is 11.9 Å². The van der Waals surface area contributed by atoms with Gasteiger partial charge >= 0.3 is 5.97 Å². The molecule has 0 fully saturated rings. The van der Waals surface area contributed by atoms with Crippen LogP contribution >= 0.6 is 0 Å². The summed E-state index contributed by atoms with van der Waals surface area (Å²) in [6.45, 7) is 0. The van der Waals surface area contributed by atoms with Gasteiger partial charge in [-0.25, -0.2) is 4.79 Å². The third-order valence-corrected chi connectivity index (χ3v) is 2.85. The van der Waals surface area contributed by atoms with Gasteiger partial charge in [0.25, 0.3) is 0 Å². The first-order valence-corrected chi connectivity index (χ1v) is 6.48. The number of benzene rings is 2. The third-order valence-electron chi connectivity index (χ3n) is 2.85. The molecule has 0 unspecified atom stereocenters. The monoisotopic (exact) mass is 281 g/mol. The predicted molar refractivity (Wildman–Crippen MR) is 81.1 cm³/mol. The highest BCUT2D eigenvalue weighted by atomic mass is 16.4. The number of hydrogen-bond donors (Lipinski definition) is 2. The standard InChI is InChI=1S/C17H15NO3/c19-16(10-11-17(20)21)18-15-8-6-14(7-9-15)12-13-4-2-1-3-5-13/h1-11H,12H2,(H,18,19)(H,20,21). The van der Waals surface area contributed by atoms with Crippen molar-refractivity contribution in [2.75, 3.05) is 5.32 Å². The first-order valence-electron chi connectivity index (χ1n) is 6.48. The van der Waals surface area contributed by atoms with E-state index in [1.54, 1.807) is 12.1 Å². The summed E-state index contributed by atoms with van der Waals surface area (Å²) in [6, 6.07) is 17.6. The fourth-order valence-corrected chi connectivity index (χ4v) is 1.87. The van der Waals surface area contributed by atoms with Crippen molar-refractivity contribution in [2.24, 2.45) is 0 Å². The van der Waals surface area contributed by atoms with E-state index in [4.69, 9.17) is 5.11 Å². The first kappa shape index (κ1) is 14.5. The van der Waals surface area contributed by atoms with Gasteiger partial charge in [0.1, 0.15) is 0 Å². The molecule has 0 radical (unpaired) electrons. The fourth-order valence-electron chi connectivity index (χ4n) is 1.87. The Hall–Kier alpha value is -2.88. The first-order chi connectivity index (χ1) is 10.1. The van der Waals surface area contributed by atoms with Crippen LogP contribution < -0.4 is 5.32 Å². The van der Waals surface area contributed by atoms with Gasteiger partial charge < -0.3 is 10.4 Å². The van der Waals surface area contributed by atoms with Crippen molar-refractivity contribution in [1.29, 1.82) is 0 Å². The number of carbonyl (C=O) groups is 2. The van der Waals surface area contributed by atoms with Crippen LogP contribution in [0.1, 0.15) is 11.1 Å². The van der Waals surface area contributed by atoms with E-state index in [-0.39, 0.29) is 0 Å². The van der Waals surface area contributed by atoms with Crippen molar-refractivity contribution in [3.63, 3.8) is 0 Å². The molecule has 0 aromatic heterocycles. The molecule has 0 aliphatic heterocycles. The Morgan fingerprint density at radius 1 is 0.905 bits per heavy atom. The zero-order chi connectivity index (χ0) is 15.1. The Labute approximate surface area is 122 Å². The van der Waals surface area contributed by atoms with Crippen molar-refractivity contribution >= 4 is 17.6 Å². The molecule has 0 saturated carbocycles. The van der Waals surface area contributed by atoms with Crippen LogP contribution in [-0.2, 0) is 16.0 Å². The van der Waals surface area contributed by atoms with Crippen LogP contribution in [-0.4, -0.2) is 17.0 Å². The average Bonchev–Trinajstić information content (AvgIpc) is 2.48. The molecule has 2 aromatic rings. The number of carboxylic acids is 1. The Morgan fingerprint density at radius 3 is 2.14 bits per heavy atom. The summed E-state index contributed by atoms with van der Waals surface area (Å²) in [4.78, 5) is 21.7. The highest BCUT2D eigenvalue weighted by Gasteiger charge is 2.00. The summed E-state index contributed by atoms with van der Waals surface area (Å²) in [5.41, 5.74) is 2.99. The molecular formula is C17H15NO3. The lowest BCUT2D eigenvalue weighted by molar-refractivity contribution is -0.131. The van der Waals surface area contributed by atoms with Gasteiger partial charge in [-0.15, -0.1) is 0 Å². The molecule has 0 aliphatic carbocycles. The minimum Gasteiger partial charge on any atom is -0.478 e. The fraction of sp³-hybridized carbons (Fsp3) is 0.0588. The molecule has 4 heteroatoms. The van der Waals surface area contributed by atoms with E-state index in [1.807, 2.05) is 30.3 Å². The zero-order valence-corrected chi connectivity index (χ0v) is 11.3. The Kier molecular flexibility index (Phi) is 4.88. The maximum absolute atomic E-state index is 11.4. The zero-order valence-electron chi connectivity index (χ0n) is 11.3. The Morgan fingerprint density at radius 2 is 1.52 bits per heavy atom. The average molecular weight is 281 g/mol. The molecule has 106 valence electrons. The molecule has 0 bridgehead atoms. The third kappa shape index (κ3) is 4.95. The van der Waals surface area contributed by atoms with E-state index in [0.29, 0.717) is 5.69 Å². The minimum absolute atomic E-state index is 0.465. The molecule has 0 atom stereocenters. The second-order valence-electron chi connectivity index (χ2n) is 4.52. The van der Waals surface area contributed by atoms with Gasteiger partial charge in [-0.1, -0.05) is 42.5 Å². The van der Waals surface area contributed by atoms with Gasteiger partial charge in [0.2, 0.25) is 5.91 Å². The largest absolute Gasteiger partial charge is 0.478 e. The molecule has 0 saturated heterocycles. The second-order valence-corrected chi connectivity index (χ2v) is 4.52. The number of nitrogens with one attached hydrogen (secondary N) is 1. The molecule has 0 spiro atoms. The summed E-state index contributed by atoms with van der Waals surface area (Å²) in [7, 11) is 0. The smallest absolute Gasteiger partial charge is 0.328 e. The Bertz CT molecular complexity index is 645. The molecule has 2 rings (SSSR count). The number of aliphatic carboxylic acids is 1. The van der Waals surface area contributed by atoms with Gasteiger partial charge in [0, 0.05) is 17.8 Å². The van der Waals surface area contributed by atoms with E-state index in [1.165, 1.54) is 5.56 Å². The van der Waals surface area contributed by atoms with E-state index in [2.05, 4.69) is 17.4 Å². The number of hydrogen-bond acceptors (Lipinski definition) is 2. The van der Waals surface area contributed by atoms with Crippen molar-refractivity contribution in [2.45, 2.75) is 6.42 Å². The van der Waals surface area contributed by atoms with Gasteiger partial charge in [0.15, 0.2) is 0 Å². The highest BCUT2D eigenvalue weighted by Crippen LogP contribution is 2.13. The van der Waals surface area contributed by atoms with Crippen molar-refractivity contribution in [3.05, 3.63) is 77.9 Å². The van der Waals surface area contributed by atoms with E-state index in [0.717, 1.165) is 24.1 Å². The van der Waals surface area contributed by atoms with Crippen molar-refractivity contribution in [1.82, 2.24) is 0 Å². The van der Waals surface area contributed by atoms with Gasteiger partial charge in [-0.2, -0.15) is 0 Å². The molecule has 1 amide bonds. The summed E-state index contributed by atoms with van der Waals surface area (Å²) >= 11 is 0. The van der Waals surface area contributed by atoms with Gasteiger partial charge in [0.05, 0.1) is 0 Å². The van der Waals surface area contributed by atoms with Crippen LogP contribution in [0.3, 0.4) is 0 Å². The topological polar surface area (TPSA) is 66.4 Å². The minimum atomic E-state index is -1.15. The van der Waals surface area contributed by atoms with Crippen LogP contribution in [0.25, 0.3) is 0 Å². The molecule has 0 heterocycles. The van der Waals surface area contributed by atoms with Crippen LogP contribution in [0, 0.1) is 0 Å².